The number of thiophene rings is 1. The van der Waals surface area contributed by atoms with Gasteiger partial charge >= 0.3 is 0 Å². The van der Waals surface area contributed by atoms with Crippen molar-refractivity contribution >= 4 is 11.3 Å². The quantitative estimate of drug-likeness (QED) is 0.820. The molecule has 1 aromatic rings. The van der Waals surface area contributed by atoms with Crippen molar-refractivity contribution in [2.75, 3.05) is 13.2 Å². The molecular weight excluding hydrogens is 220 g/mol. The van der Waals surface area contributed by atoms with Crippen LogP contribution in [-0.2, 0) is 17.6 Å². The molecule has 90 valence electrons. The summed E-state index contributed by atoms with van der Waals surface area (Å²) in [6.07, 6.45) is 5.89. The molecule has 0 bridgehead atoms. The minimum Gasteiger partial charge on any atom is -0.385 e. The Morgan fingerprint density at radius 2 is 2.19 bits per heavy atom. The molecule has 0 saturated carbocycles. The van der Waals surface area contributed by atoms with Crippen LogP contribution >= 0.6 is 11.3 Å². The first-order valence-corrected chi connectivity index (χ1v) is 7.00. The molecule has 1 atom stereocenters. The van der Waals surface area contributed by atoms with Gasteiger partial charge in [-0.15, -0.1) is 11.3 Å². The number of rotatable bonds is 4. The maximum absolute atomic E-state index is 9.96. The molecule has 1 heterocycles. The minimum absolute atomic E-state index is 0.426. The third kappa shape index (κ3) is 2.84. The fourth-order valence-corrected chi connectivity index (χ4v) is 3.39. The topological polar surface area (TPSA) is 29.5 Å². The standard InChI is InChI=1S/C13H20O2S/c1-2-15-9-11(14)13-8-10-6-4-3-5-7-12(10)16-13/h8,11,14H,2-7,9H2,1H3. The van der Waals surface area contributed by atoms with Gasteiger partial charge in [-0.3, -0.25) is 0 Å². The minimum atomic E-state index is -0.433. The van der Waals surface area contributed by atoms with E-state index < -0.39 is 6.10 Å². The largest absolute Gasteiger partial charge is 0.385 e. The lowest BCUT2D eigenvalue weighted by Gasteiger charge is -2.07. The highest BCUT2D eigenvalue weighted by Gasteiger charge is 2.16. The molecule has 2 nitrogen and oxygen atoms in total. The second-order valence-corrected chi connectivity index (χ2v) is 5.50. The normalized spacial score (nSPS) is 17.9. The van der Waals surface area contributed by atoms with Crippen LogP contribution in [-0.4, -0.2) is 18.3 Å². The Morgan fingerprint density at radius 3 is 3.00 bits per heavy atom. The van der Waals surface area contributed by atoms with Gasteiger partial charge in [-0.2, -0.15) is 0 Å². The van der Waals surface area contributed by atoms with E-state index in [0.29, 0.717) is 13.2 Å². The van der Waals surface area contributed by atoms with Crippen molar-refractivity contribution in [1.29, 1.82) is 0 Å². The molecule has 1 aliphatic carbocycles. The fraction of sp³-hybridized carbons (Fsp3) is 0.692. The van der Waals surface area contributed by atoms with E-state index >= 15 is 0 Å². The second-order valence-electron chi connectivity index (χ2n) is 4.33. The van der Waals surface area contributed by atoms with Crippen molar-refractivity contribution < 1.29 is 9.84 Å². The van der Waals surface area contributed by atoms with Crippen molar-refractivity contribution in [3.8, 4) is 0 Å². The summed E-state index contributed by atoms with van der Waals surface area (Å²) in [4.78, 5) is 2.57. The van der Waals surface area contributed by atoms with Crippen LogP contribution in [0.3, 0.4) is 0 Å². The molecule has 0 aromatic carbocycles. The lowest BCUT2D eigenvalue weighted by atomic mass is 10.1. The summed E-state index contributed by atoms with van der Waals surface area (Å²) < 4.78 is 5.26. The summed E-state index contributed by atoms with van der Waals surface area (Å²) in [5.41, 5.74) is 1.47. The van der Waals surface area contributed by atoms with Crippen molar-refractivity contribution in [3.63, 3.8) is 0 Å². The molecule has 0 amide bonds. The molecular formula is C13H20O2S. The van der Waals surface area contributed by atoms with Gasteiger partial charge in [0.05, 0.1) is 6.61 Å². The van der Waals surface area contributed by atoms with Crippen molar-refractivity contribution in [3.05, 3.63) is 21.4 Å². The van der Waals surface area contributed by atoms with E-state index in [9.17, 15) is 5.11 Å². The molecule has 2 rings (SSSR count). The Bertz CT molecular complexity index is 309. The van der Waals surface area contributed by atoms with Gasteiger partial charge in [0.25, 0.3) is 0 Å². The summed E-state index contributed by atoms with van der Waals surface area (Å²) in [5, 5.41) is 9.96. The number of hydrogen-bond donors (Lipinski definition) is 1. The Balaban J connectivity index is 2.05. The first-order valence-electron chi connectivity index (χ1n) is 6.18. The smallest absolute Gasteiger partial charge is 0.111 e. The highest BCUT2D eigenvalue weighted by molar-refractivity contribution is 7.12. The zero-order valence-corrected chi connectivity index (χ0v) is 10.7. The number of hydrogen-bond acceptors (Lipinski definition) is 3. The van der Waals surface area contributed by atoms with E-state index in [1.54, 1.807) is 11.3 Å². The van der Waals surface area contributed by atoms with Crippen molar-refractivity contribution in [2.24, 2.45) is 0 Å². The number of aliphatic hydroxyl groups excluding tert-OH is 1. The van der Waals surface area contributed by atoms with Gasteiger partial charge in [-0.1, -0.05) is 6.42 Å². The van der Waals surface area contributed by atoms with Crippen LogP contribution in [0.5, 0.6) is 0 Å². The summed E-state index contributed by atoms with van der Waals surface area (Å²) in [6.45, 7) is 3.05. The summed E-state index contributed by atoms with van der Waals surface area (Å²) in [6, 6.07) is 2.19. The molecule has 1 aromatic heterocycles. The Kier molecular flexibility index (Phi) is 4.38. The molecule has 3 heteroatoms. The first kappa shape index (κ1) is 12.1. The second kappa shape index (κ2) is 5.80. The van der Waals surface area contributed by atoms with Gasteiger partial charge in [0.2, 0.25) is 0 Å². The lowest BCUT2D eigenvalue weighted by Crippen LogP contribution is -2.05. The van der Waals surface area contributed by atoms with E-state index in [4.69, 9.17) is 4.74 Å². The number of ether oxygens (including phenoxy) is 1. The third-order valence-electron chi connectivity index (χ3n) is 3.07. The fourth-order valence-electron chi connectivity index (χ4n) is 2.17. The molecule has 0 fully saturated rings. The Labute approximate surface area is 101 Å². The molecule has 1 unspecified atom stereocenters. The number of aliphatic hydroxyl groups is 1. The van der Waals surface area contributed by atoms with E-state index in [1.165, 1.54) is 42.5 Å². The van der Waals surface area contributed by atoms with Crippen LogP contribution in [0.4, 0.5) is 0 Å². The molecule has 16 heavy (non-hydrogen) atoms. The predicted octanol–water partition coefficient (Wildman–Crippen LogP) is 3.09. The summed E-state index contributed by atoms with van der Waals surface area (Å²) >= 11 is 1.78. The predicted molar refractivity (Wildman–Crippen MR) is 67.0 cm³/mol. The number of fused-ring (bicyclic) bond motifs is 1. The zero-order valence-electron chi connectivity index (χ0n) is 9.87. The highest BCUT2D eigenvalue weighted by atomic mass is 32.1. The third-order valence-corrected chi connectivity index (χ3v) is 4.41. The van der Waals surface area contributed by atoms with Crippen LogP contribution in [0.25, 0.3) is 0 Å². The van der Waals surface area contributed by atoms with E-state index in [0.717, 1.165) is 4.88 Å². The van der Waals surface area contributed by atoms with Crippen molar-refractivity contribution in [1.82, 2.24) is 0 Å². The molecule has 0 spiro atoms. The maximum atomic E-state index is 9.96. The van der Waals surface area contributed by atoms with E-state index in [-0.39, 0.29) is 0 Å². The zero-order chi connectivity index (χ0) is 11.4. The van der Waals surface area contributed by atoms with Crippen LogP contribution < -0.4 is 0 Å². The summed E-state index contributed by atoms with van der Waals surface area (Å²) in [5.74, 6) is 0. The molecule has 1 N–H and O–H groups in total. The van der Waals surface area contributed by atoms with Gasteiger partial charge in [0.1, 0.15) is 6.10 Å². The van der Waals surface area contributed by atoms with E-state index in [2.05, 4.69) is 6.07 Å². The lowest BCUT2D eigenvalue weighted by molar-refractivity contribution is 0.0439. The van der Waals surface area contributed by atoms with Gasteiger partial charge in [-0.05, 0) is 44.2 Å². The van der Waals surface area contributed by atoms with Crippen LogP contribution in [0.15, 0.2) is 6.07 Å². The van der Waals surface area contributed by atoms with Crippen LogP contribution in [0, 0.1) is 0 Å². The monoisotopic (exact) mass is 240 g/mol. The molecule has 0 aliphatic heterocycles. The first-order chi connectivity index (χ1) is 7.81. The van der Waals surface area contributed by atoms with Gasteiger partial charge in [0.15, 0.2) is 0 Å². The average Bonchev–Trinajstić information content (AvgIpc) is 2.58. The van der Waals surface area contributed by atoms with E-state index in [1.807, 2.05) is 6.92 Å². The molecule has 0 radical (unpaired) electrons. The van der Waals surface area contributed by atoms with Gasteiger partial charge in [0, 0.05) is 16.4 Å². The Hall–Kier alpha value is -0.380. The van der Waals surface area contributed by atoms with Crippen molar-refractivity contribution in [2.45, 2.75) is 45.1 Å². The van der Waals surface area contributed by atoms with Gasteiger partial charge in [-0.25, -0.2) is 0 Å². The Morgan fingerprint density at radius 1 is 1.38 bits per heavy atom. The SMILES string of the molecule is CCOCC(O)c1cc2c(s1)CCCCC2. The van der Waals surface area contributed by atoms with Crippen LogP contribution in [0.1, 0.15) is 47.6 Å². The highest BCUT2D eigenvalue weighted by Crippen LogP contribution is 2.32. The van der Waals surface area contributed by atoms with Gasteiger partial charge < -0.3 is 9.84 Å². The molecule has 1 aliphatic rings. The average molecular weight is 240 g/mol. The summed E-state index contributed by atoms with van der Waals surface area (Å²) in [7, 11) is 0. The number of aryl methyl sites for hydroxylation is 2. The maximum Gasteiger partial charge on any atom is 0.111 e. The van der Waals surface area contributed by atoms with Crippen LogP contribution in [0.2, 0.25) is 0 Å². The molecule has 0 saturated heterocycles.